The number of rotatable bonds is 29. The second-order valence-corrected chi connectivity index (χ2v) is 10.9. The van der Waals surface area contributed by atoms with Crippen molar-refractivity contribution in [2.45, 2.75) is 161 Å². The van der Waals surface area contributed by atoms with Crippen LogP contribution in [0.25, 0.3) is 0 Å². The quantitative estimate of drug-likeness (QED) is 0.0558. The molecule has 0 aromatic heterocycles. The maximum atomic E-state index is 12.0. The number of hydrogen-bond acceptors (Lipinski definition) is 5. The minimum absolute atomic E-state index is 0.0720. The van der Waals surface area contributed by atoms with E-state index in [9.17, 15) is 14.7 Å². The Morgan fingerprint density at radius 3 is 1.50 bits per heavy atom. The van der Waals surface area contributed by atoms with Gasteiger partial charge in [-0.05, 0) is 51.4 Å². The molecule has 1 unspecified atom stereocenters. The van der Waals surface area contributed by atoms with Gasteiger partial charge in [0.2, 0.25) is 0 Å². The zero-order chi connectivity index (χ0) is 29.4. The molecule has 0 saturated carbocycles. The number of aliphatic hydroxyl groups is 1. The van der Waals surface area contributed by atoms with Crippen LogP contribution >= 0.6 is 0 Å². The molecule has 5 heteroatoms. The van der Waals surface area contributed by atoms with E-state index in [0.29, 0.717) is 12.8 Å². The third kappa shape index (κ3) is 29.1. The maximum Gasteiger partial charge on any atom is 0.306 e. The molecule has 5 nitrogen and oxygen atoms in total. The first kappa shape index (κ1) is 38.1. The van der Waals surface area contributed by atoms with E-state index in [1.807, 2.05) is 0 Å². The van der Waals surface area contributed by atoms with E-state index in [4.69, 9.17) is 9.47 Å². The van der Waals surface area contributed by atoms with E-state index in [2.05, 4.69) is 50.3 Å². The lowest BCUT2D eigenvalue weighted by atomic mass is 10.1. The van der Waals surface area contributed by atoms with Crippen LogP contribution in [-0.4, -0.2) is 36.4 Å². The van der Waals surface area contributed by atoms with E-state index < -0.39 is 6.10 Å². The Balaban J connectivity index is 3.58. The number of carbonyl (C=O) groups is 2. The first-order valence-electron chi connectivity index (χ1n) is 16.5. The van der Waals surface area contributed by atoms with Gasteiger partial charge in [0.25, 0.3) is 0 Å². The third-order valence-corrected chi connectivity index (χ3v) is 6.94. The largest absolute Gasteiger partial charge is 0.462 e. The molecule has 0 spiro atoms. The zero-order valence-corrected chi connectivity index (χ0v) is 26.1. The van der Waals surface area contributed by atoms with E-state index in [1.54, 1.807) is 0 Å². The van der Waals surface area contributed by atoms with Crippen LogP contribution in [0.3, 0.4) is 0 Å². The van der Waals surface area contributed by atoms with E-state index in [-0.39, 0.29) is 25.2 Å². The monoisotopic (exact) mass is 562 g/mol. The molecule has 0 saturated heterocycles. The molecule has 40 heavy (non-hydrogen) atoms. The van der Waals surface area contributed by atoms with Crippen LogP contribution in [0.15, 0.2) is 36.5 Å². The SMILES string of the molecule is CCCCCCC/C=C\C/C=C\C/C=C\CCCCCCCCC(=O)OC(CO)COC(=O)CCCCCCC. The summed E-state index contributed by atoms with van der Waals surface area (Å²) < 4.78 is 10.4. The average Bonchev–Trinajstić information content (AvgIpc) is 2.95. The van der Waals surface area contributed by atoms with Crippen molar-refractivity contribution in [2.24, 2.45) is 0 Å². The number of carbonyl (C=O) groups excluding carboxylic acids is 2. The molecule has 0 aliphatic rings. The first-order valence-corrected chi connectivity index (χ1v) is 16.5. The second kappa shape index (κ2) is 31.6. The van der Waals surface area contributed by atoms with Crippen molar-refractivity contribution in [1.29, 1.82) is 0 Å². The number of aliphatic hydroxyl groups excluding tert-OH is 1. The fourth-order valence-electron chi connectivity index (χ4n) is 4.38. The van der Waals surface area contributed by atoms with Crippen molar-refractivity contribution in [3.8, 4) is 0 Å². The molecule has 0 rings (SSSR count). The molecule has 1 atom stereocenters. The van der Waals surface area contributed by atoms with E-state index >= 15 is 0 Å². The second-order valence-electron chi connectivity index (χ2n) is 10.9. The average molecular weight is 563 g/mol. The van der Waals surface area contributed by atoms with Gasteiger partial charge < -0.3 is 14.6 Å². The molecule has 0 fully saturated rings. The molecule has 0 amide bonds. The highest BCUT2D eigenvalue weighted by atomic mass is 16.6. The number of esters is 2. The van der Waals surface area contributed by atoms with Gasteiger partial charge >= 0.3 is 11.9 Å². The van der Waals surface area contributed by atoms with Gasteiger partial charge in [-0.15, -0.1) is 0 Å². The molecule has 0 radical (unpaired) electrons. The van der Waals surface area contributed by atoms with Crippen LogP contribution < -0.4 is 0 Å². The topological polar surface area (TPSA) is 72.8 Å². The molecular weight excluding hydrogens is 500 g/mol. The minimum atomic E-state index is -0.771. The smallest absolute Gasteiger partial charge is 0.306 e. The van der Waals surface area contributed by atoms with Crippen molar-refractivity contribution in [2.75, 3.05) is 13.2 Å². The Bertz CT molecular complexity index is 652. The Hall–Kier alpha value is -1.88. The number of allylic oxidation sites excluding steroid dienone is 6. The van der Waals surface area contributed by atoms with Crippen molar-refractivity contribution in [3.05, 3.63) is 36.5 Å². The molecule has 0 aromatic carbocycles. The summed E-state index contributed by atoms with van der Waals surface area (Å²) in [5, 5.41) is 9.43. The summed E-state index contributed by atoms with van der Waals surface area (Å²) in [5.41, 5.74) is 0. The summed E-state index contributed by atoms with van der Waals surface area (Å²) >= 11 is 0. The Morgan fingerprint density at radius 1 is 0.575 bits per heavy atom. The summed E-state index contributed by atoms with van der Waals surface area (Å²) in [7, 11) is 0. The Kier molecular flexibility index (Phi) is 30.2. The molecular formula is C35H62O5. The summed E-state index contributed by atoms with van der Waals surface area (Å²) in [6, 6.07) is 0. The maximum absolute atomic E-state index is 12.0. The highest BCUT2D eigenvalue weighted by molar-refractivity contribution is 5.70. The van der Waals surface area contributed by atoms with Crippen LogP contribution in [-0.2, 0) is 19.1 Å². The fraction of sp³-hybridized carbons (Fsp3) is 0.771. The Labute approximate surface area is 246 Å². The van der Waals surface area contributed by atoms with Crippen LogP contribution in [0, 0.1) is 0 Å². The van der Waals surface area contributed by atoms with Gasteiger partial charge in [0.05, 0.1) is 6.61 Å². The summed E-state index contributed by atoms with van der Waals surface area (Å²) in [5.74, 6) is -0.622. The predicted octanol–water partition coefficient (Wildman–Crippen LogP) is 9.72. The lowest BCUT2D eigenvalue weighted by Gasteiger charge is -2.15. The number of unbranched alkanes of at least 4 members (excludes halogenated alkanes) is 15. The van der Waals surface area contributed by atoms with Crippen LogP contribution in [0.2, 0.25) is 0 Å². The van der Waals surface area contributed by atoms with Gasteiger partial charge in [0.1, 0.15) is 6.61 Å². The number of ether oxygens (including phenoxy) is 2. The van der Waals surface area contributed by atoms with Gasteiger partial charge in [-0.1, -0.05) is 127 Å². The van der Waals surface area contributed by atoms with Gasteiger partial charge in [0, 0.05) is 12.8 Å². The van der Waals surface area contributed by atoms with E-state index in [1.165, 1.54) is 70.6 Å². The number of hydrogen-bond donors (Lipinski definition) is 1. The summed E-state index contributed by atoms with van der Waals surface area (Å²) in [4.78, 5) is 23.8. The van der Waals surface area contributed by atoms with Gasteiger partial charge in [-0.2, -0.15) is 0 Å². The molecule has 0 bridgehead atoms. The first-order chi connectivity index (χ1) is 19.6. The van der Waals surface area contributed by atoms with Crippen molar-refractivity contribution in [1.82, 2.24) is 0 Å². The fourth-order valence-corrected chi connectivity index (χ4v) is 4.38. The molecule has 232 valence electrons. The molecule has 0 aliphatic carbocycles. The molecule has 0 aliphatic heterocycles. The van der Waals surface area contributed by atoms with Crippen molar-refractivity contribution < 1.29 is 24.2 Å². The molecule has 0 aromatic rings. The standard InChI is InChI=1S/C35H62O5/c1-3-5-7-9-10-11-12-13-14-15-16-17-18-19-20-21-22-23-24-26-28-30-35(38)40-33(31-36)32-39-34(37)29-27-25-8-6-4-2/h12-13,15-16,18-19,33,36H,3-11,14,17,20-32H2,1-2H3/b13-12-,16-15-,19-18-. The molecule has 1 N–H and O–H groups in total. The van der Waals surface area contributed by atoms with E-state index in [0.717, 1.165) is 57.8 Å². The van der Waals surface area contributed by atoms with Gasteiger partial charge in [0.15, 0.2) is 6.10 Å². The zero-order valence-electron chi connectivity index (χ0n) is 26.1. The normalized spacial score (nSPS) is 12.6. The minimum Gasteiger partial charge on any atom is -0.462 e. The highest BCUT2D eigenvalue weighted by Gasteiger charge is 2.16. The van der Waals surface area contributed by atoms with Gasteiger partial charge in [-0.3, -0.25) is 9.59 Å². The highest BCUT2D eigenvalue weighted by Crippen LogP contribution is 2.11. The lowest BCUT2D eigenvalue weighted by molar-refractivity contribution is -0.161. The van der Waals surface area contributed by atoms with Crippen LogP contribution in [0.5, 0.6) is 0 Å². The predicted molar refractivity (Wildman–Crippen MR) is 168 cm³/mol. The van der Waals surface area contributed by atoms with Crippen molar-refractivity contribution in [3.63, 3.8) is 0 Å². The lowest BCUT2D eigenvalue weighted by Crippen LogP contribution is -2.28. The Morgan fingerprint density at radius 2 is 1.00 bits per heavy atom. The van der Waals surface area contributed by atoms with Crippen LogP contribution in [0.4, 0.5) is 0 Å². The van der Waals surface area contributed by atoms with Crippen molar-refractivity contribution >= 4 is 11.9 Å². The summed E-state index contributed by atoms with van der Waals surface area (Å²) in [6.07, 6.45) is 36.6. The van der Waals surface area contributed by atoms with Gasteiger partial charge in [-0.25, -0.2) is 0 Å². The summed E-state index contributed by atoms with van der Waals surface area (Å²) in [6.45, 7) is 4.01. The van der Waals surface area contributed by atoms with Crippen LogP contribution in [0.1, 0.15) is 155 Å². The third-order valence-electron chi connectivity index (χ3n) is 6.94. The molecule has 0 heterocycles.